The van der Waals surface area contributed by atoms with Crippen LogP contribution in [0.25, 0.3) is 33.3 Å². The van der Waals surface area contributed by atoms with Gasteiger partial charge in [0, 0.05) is 35.2 Å². The largest absolute Gasteiger partial charge is 0.454 e. The van der Waals surface area contributed by atoms with Crippen LogP contribution in [0.4, 0.5) is 0 Å². The third-order valence-electron chi connectivity index (χ3n) is 7.48. The number of aromatic amines is 1. The molecular formula is C29H27N3O3. The van der Waals surface area contributed by atoms with Crippen LogP contribution >= 0.6 is 0 Å². The number of carbonyl (C=O) groups is 1. The number of nitrogens with one attached hydrogen (secondary N) is 2. The van der Waals surface area contributed by atoms with E-state index in [0.29, 0.717) is 6.54 Å². The zero-order chi connectivity index (χ0) is 23.4. The van der Waals surface area contributed by atoms with E-state index in [-0.39, 0.29) is 12.7 Å². The van der Waals surface area contributed by atoms with E-state index in [9.17, 15) is 4.79 Å². The monoisotopic (exact) mass is 465 g/mol. The highest BCUT2D eigenvalue weighted by atomic mass is 16.7. The van der Waals surface area contributed by atoms with Gasteiger partial charge < -0.3 is 19.8 Å². The molecule has 3 aromatic carbocycles. The van der Waals surface area contributed by atoms with Crippen LogP contribution in [0.1, 0.15) is 40.7 Å². The molecular weight excluding hydrogens is 438 g/mol. The van der Waals surface area contributed by atoms with Crippen LogP contribution in [0.5, 0.6) is 11.5 Å². The van der Waals surface area contributed by atoms with Gasteiger partial charge >= 0.3 is 0 Å². The highest BCUT2D eigenvalue weighted by Crippen LogP contribution is 2.40. The summed E-state index contributed by atoms with van der Waals surface area (Å²) in [5, 5.41) is 4.21. The van der Waals surface area contributed by atoms with Gasteiger partial charge in [-0.1, -0.05) is 30.7 Å². The van der Waals surface area contributed by atoms with Crippen LogP contribution in [-0.2, 0) is 13.1 Å². The maximum Gasteiger partial charge on any atom is 0.252 e. The first-order chi connectivity index (χ1) is 17.2. The number of rotatable bonds is 4. The fraction of sp³-hybridized carbons (Fsp3) is 0.276. The molecule has 0 bridgehead atoms. The Bertz CT molecular complexity index is 1470. The second kappa shape index (κ2) is 8.17. The third-order valence-corrected chi connectivity index (χ3v) is 7.48. The first kappa shape index (κ1) is 20.6. The van der Waals surface area contributed by atoms with Crippen molar-refractivity contribution in [3.05, 3.63) is 71.3 Å². The van der Waals surface area contributed by atoms with Crippen molar-refractivity contribution in [1.29, 1.82) is 0 Å². The summed E-state index contributed by atoms with van der Waals surface area (Å²) in [6.45, 7) is 4.14. The molecule has 7 rings (SSSR count). The Kier molecular flexibility index (Phi) is 4.81. The number of aromatic nitrogens is 1. The Morgan fingerprint density at radius 1 is 0.857 bits per heavy atom. The van der Waals surface area contributed by atoms with E-state index in [0.717, 1.165) is 57.1 Å². The first-order valence-electron chi connectivity index (χ1n) is 12.4. The zero-order valence-corrected chi connectivity index (χ0v) is 19.5. The second-order valence-corrected chi connectivity index (χ2v) is 9.71. The quantitative estimate of drug-likeness (QED) is 0.420. The van der Waals surface area contributed by atoms with Crippen molar-refractivity contribution in [2.24, 2.45) is 0 Å². The van der Waals surface area contributed by atoms with Crippen molar-refractivity contribution in [3.63, 3.8) is 0 Å². The smallest absolute Gasteiger partial charge is 0.252 e. The van der Waals surface area contributed by atoms with E-state index in [1.54, 1.807) is 0 Å². The molecule has 2 N–H and O–H groups in total. The van der Waals surface area contributed by atoms with Gasteiger partial charge in [-0.25, -0.2) is 0 Å². The van der Waals surface area contributed by atoms with E-state index in [1.165, 1.54) is 43.3 Å². The number of H-pyrrole nitrogens is 1. The van der Waals surface area contributed by atoms with Crippen molar-refractivity contribution < 1.29 is 14.3 Å². The molecule has 6 nitrogen and oxygen atoms in total. The van der Waals surface area contributed by atoms with Crippen LogP contribution in [0.15, 0.2) is 54.6 Å². The summed E-state index contributed by atoms with van der Waals surface area (Å²) >= 11 is 0. The lowest BCUT2D eigenvalue weighted by Crippen LogP contribution is -2.28. The predicted molar refractivity (Wildman–Crippen MR) is 136 cm³/mol. The van der Waals surface area contributed by atoms with Gasteiger partial charge in [0.1, 0.15) is 0 Å². The van der Waals surface area contributed by atoms with Crippen molar-refractivity contribution in [1.82, 2.24) is 15.2 Å². The average molecular weight is 466 g/mol. The molecule has 0 unspecified atom stereocenters. The molecule has 6 heteroatoms. The topological polar surface area (TPSA) is 66.6 Å². The summed E-state index contributed by atoms with van der Waals surface area (Å²) in [5.74, 6) is 1.48. The molecule has 1 fully saturated rings. The molecule has 176 valence electrons. The van der Waals surface area contributed by atoms with E-state index >= 15 is 0 Å². The molecule has 1 amide bonds. The molecule has 1 aromatic heterocycles. The van der Waals surface area contributed by atoms with E-state index in [2.05, 4.69) is 51.6 Å². The van der Waals surface area contributed by atoms with Gasteiger partial charge in [-0.3, -0.25) is 9.69 Å². The average Bonchev–Trinajstić information content (AvgIpc) is 3.62. The molecule has 0 saturated carbocycles. The van der Waals surface area contributed by atoms with Gasteiger partial charge in [-0.2, -0.15) is 0 Å². The van der Waals surface area contributed by atoms with Gasteiger partial charge in [0.15, 0.2) is 11.5 Å². The molecule has 35 heavy (non-hydrogen) atoms. The summed E-state index contributed by atoms with van der Waals surface area (Å²) < 4.78 is 11.0. The number of ether oxygens (including phenoxy) is 2. The fourth-order valence-electron chi connectivity index (χ4n) is 5.71. The van der Waals surface area contributed by atoms with Crippen LogP contribution in [0.3, 0.4) is 0 Å². The zero-order valence-electron chi connectivity index (χ0n) is 19.5. The molecule has 0 atom stereocenters. The first-order valence-corrected chi connectivity index (χ1v) is 12.4. The fourth-order valence-corrected chi connectivity index (χ4v) is 5.71. The Labute approximate surface area is 203 Å². The lowest BCUT2D eigenvalue weighted by atomic mass is 9.92. The number of nitrogens with zero attached hydrogens (tertiary/aromatic N) is 1. The minimum Gasteiger partial charge on any atom is -0.454 e. The van der Waals surface area contributed by atoms with Crippen LogP contribution < -0.4 is 14.8 Å². The number of fused-ring (bicyclic) bond motifs is 3. The number of hydrogen-bond acceptors (Lipinski definition) is 4. The SMILES string of the molecule is O=C1NCc2c(-c3ccc4c(c3)OCO4)ccc(-c3cc4cc(CN5CCCCC5)ccc4[nH]3)c21. The summed E-state index contributed by atoms with van der Waals surface area (Å²) in [6, 6.07) is 19.0. The summed E-state index contributed by atoms with van der Waals surface area (Å²) in [6.07, 6.45) is 3.94. The van der Waals surface area contributed by atoms with Crippen LogP contribution in [0.2, 0.25) is 0 Å². The highest BCUT2D eigenvalue weighted by molar-refractivity contribution is 6.07. The normalized spacial score (nSPS) is 17.1. The maximum atomic E-state index is 12.9. The lowest BCUT2D eigenvalue weighted by Gasteiger charge is -2.26. The molecule has 1 saturated heterocycles. The number of hydrogen-bond donors (Lipinski definition) is 2. The second-order valence-electron chi connectivity index (χ2n) is 9.71. The molecule has 3 aliphatic heterocycles. The van der Waals surface area contributed by atoms with Crippen molar-refractivity contribution in [2.75, 3.05) is 19.9 Å². The minimum absolute atomic E-state index is 0.0259. The standard InChI is InChI=1S/C29H27N3O3/c33-29-28-22(7-6-21(23(28)15-30-29)19-5-9-26-27(14-19)35-17-34-26)25-13-20-12-18(4-8-24(20)31-25)16-32-10-2-1-3-11-32/h4-9,12-14,31H,1-3,10-11,15-17H2,(H,30,33). The molecule has 0 spiro atoms. The van der Waals surface area contributed by atoms with E-state index in [4.69, 9.17) is 9.47 Å². The predicted octanol–water partition coefficient (Wildman–Crippen LogP) is 5.46. The minimum atomic E-state index is -0.0259. The van der Waals surface area contributed by atoms with Gasteiger partial charge in [-0.05, 0) is 78.5 Å². The van der Waals surface area contributed by atoms with Crippen molar-refractivity contribution in [3.8, 4) is 33.9 Å². The van der Waals surface area contributed by atoms with E-state index in [1.807, 2.05) is 18.2 Å². The Morgan fingerprint density at radius 3 is 2.63 bits per heavy atom. The van der Waals surface area contributed by atoms with Gasteiger partial charge in [0.05, 0.1) is 5.56 Å². The number of amides is 1. The summed E-state index contributed by atoms with van der Waals surface area (Å²) in [4.78, 5) is 19.0. The van der Waals surface area contributed by atoms with Crippen molar-refractivity contribution >= 4 is 16.8 Å². The Hall–Kier alpha value is -3.77. The lowest BCUT2D eigenvalue weighted by molar-refractivity contribution is 0.0966. The van der Waals surface area contributed by atoms with Crippen LogP contribution in [0, 0.1) is 0 Å². The third kappa shape index (κ3) is 3.56. The number of carbonyl (C=O) groups excluding carboxylic acids is 1. The summed E-state index contributed by atoms with van der Waals surface area (Å²) in [7, 11) is 0. The highest BCUT2D eigenvalue weighted by Gasteiger charge is 2.28. The van der Waals surface area contributed by atoms with Crippen molar-refractivity contribution in [2.45, 2.75) is 32.4 Å². The Balaban J connectivity index is 1.26. The van der Waals surface area contributed by atoms with Gasteiger partial charge in [0.2, 0.25) is 6.79 Å². The van der Waals surface area contributed by atoms with Crippen LogP contribution in [-0.4, -0.2) is 35.7 Å². The molecule has 0 aliphatic carbocycles. The van der Waals surface area contributed by atoms with Gasteiger partial charge in [-0.15, -0.1) is 0 Å². The molecule has 4 aromatic rings. The molecule has 3 aliphatic rings. The molecule has 0 radical (unpaired) electrons. The Morgan fingerprint density at radius 2 is 1.71 bits per heavy atom. The van der Waals surface area contributed by atoms with Gasteiger partial charge in [0.25, 0.3) is 5.91 Å². The number of likely N-dealkylation sites (tertiary alicyclic amines) is 1. The number of piperidine rings is 1. The number of benzene rings is 3. The molecule has 4 heterocycles. The van der Waals surface area contributed by atoms with E-state index < -0.39 is 0 Å². The maximum absolute atomic E-state index is 12.9. The summed E-state index contributed by atoms with van der Waals surface area (Å²) in [5.41, 5.74) is 8.18.